The van der Waals surface area contributed by atoms with Crippen molar-refractivity contribution >= 4 is 28.9 Å². The highest BCUT2D eigenvalue weighted by atomic mass is 16.2. The summed E-state index contributed by atoms with van der Waals surface area (Å²) < 4.78 is 0. The second kappa shape index (κ2) is 9.16. The summed E-state index contributed by atoms with van der Waals surface area (Å²) in [7, 11) is 0. The topological polar surface area (TPSA) is 83.1 Å². The number of pyridine rings is 1. The zero-order valence-corrected chi connectivity index (χ0v) is 15.6. The third kappa shape index (κ3) is 5.81. The number of anilines is 3. The molecule has 1 aliphatic carbocycles. The maximum Gasteiger partial charge on any atom is 0.270 e. The lowest BCUT2D eigenvalue weighted by Gasteiger charge is -2.16. The Labute approximate surface area is 159 Å². The third-order valence-electron chi connectivity index (χ3n) is 4.66. The summed E-state index contributed by atoms with van der Waals surface area (Å²) in [6.07, 6.45) is 8.62. The van der Waals surface area contributed by atoms with Crippen molar-refractivity contribution in [1.82, 2.24) is 10.3 Å². The molecule has 1 fully saturated rings. The number of hydrogen-bond donors (Lipinski definition) is 3. The Balaban J connectivity index is 1.59. The molecule has 0 unspecified atom stereocenters. The summed E-state index contributed by atoms with van der Waals surface area (Å²) in [5.41, 5.74) is 2.76. The molecular weight excluding hydrogens is 340 g/mol. The summed E-state index contributed by atoms with van der Waals surface area (Å²) in [4.78, 5) is 27.9. The number of hydrogen-bond acceptors (Lipinski definition) is 4. The molecule has 0 radical (unpaired) electrons. The second-order valence-electron chi connectivity index (χ2n) is 6.98. The molecule has 0 spiro atoms. The molecule has 142 valence electrons. The fourth-order valence-corrected chi connectivity index (χ4v) is 3.33. The van der Waals surface area contributed by atoms with E-state index >= 15 is 0 Å². The van der Waals surface area contributed by atoms with Crippen LogP contribution in [0.4, 0.5) is 17.1 Å². The van der Waals surface area contributed by atoms with Crippen molar-refractivity contribution in [3.8, 4) is 0 Å². The summed E-state index contributed by atoms with van der Waals surface area (Å²) in [6, 6.07) is 11.2. The molecule has 2 amide bonds. The molecule has 6 heteroatoms. The van der Waals surface area contributed by atoms with Crippen molar-refractivity contribution in [2.24, 2.45) is 0 Å². The first-order chi connectivity index (χ1) is 13.1. The number of carbonyl (C=O) groups is 2. The van der Waals surface area contributed by atoms with Gasteiger partial charge >= 0.3 is 0 Å². The first kappa shape index (κ1) is 18.9. The van der Waals surface area contributed by atoms with Crippen LogP contribution in [-0.2, 0) is 4.79 Å². The number of nitrogens with one attached hydrogen (secondary N) is 3. The van der Waals surface area contributed by atoms with Gasteiger partial charge in [-0.1, -0.05) is 31.7 Å². The largest absolute Gasteiger partial charge is 0.354 e. The van der Waals surface area contributed by atoms with Crippen LogP contribution in [0, 0.1) is 0 Å². The van der Waals surface area contributed by atoms with Crippen molar-refractivity contribution in [1.29, 1.82) is 0 Å². The highest BCUT2D eigenvalue weighted by molar-refractivity contribution is 5.92. The molecular formula is C21H26N4O2. The predicted octanol–water partition coefficient (Wildman–Crippen LogP) is 4.24. The van der Waals surface area contributed by atoms with E-state index in [4.69, 9.17) is 0 Å². The van der Waals surface area contributed by atoms with Gasteiger partial charge < -0.3 is 16.0 Å². The van der Waals surface area contributed by atoms with Crippen molar-refractivity contribution in [3.05, 3.63) is 48.3 Å². The number of nitrogens with zero attached hydrogens (tertiary/aromatic N) is 1. The summed E-state index contributed by atoms with van der Waals surface area (Å²) in [5, 5.41) is 9.09. The van der Waals surface area contributed by atoms with Crippen LogP contribution in [0.15, 0.2) is 42.6 Å². The standard InChI is InChI=1S/C21H26N4O2/c1-15(26)23-17-9-6-10-18(13-17)24-19-11-12-20(22-14-19)21(27)25-16-7-4-2-3-5-8-16/h6,9-14,16,24H,2-5,7-8H2,1H3,(H,23,26)(H,25,27). The Kier molecular flexibility index (Phi) is 6.41. The molecule has 3 N–H and O–H groups in total. The van der Waals surface area contributed by atoms with Crippen LogP contribution in [0.1, 0.15) is 55.9 Å². The van der Waals surface area contributed by atoms with E-state index < -0.39 is 0 Å². The van der Waals surface area contributed by atoms with Crippen LogP contribution >= 0.6 is 0 Å². The van der Waals surface area contributed by atoms with Gasteiger partial charge in [-0.15, -0.1) is 0 Å². The molecule has 0 bridgehead atoms. The molecule has 6 nitrogen and oxygen atoms in total. The average molecular weight is 366 g/mol. The lowest BCUT2D eigenvalue weighted by molar-refractivity contribution is -0.114. The van der Waals surface area contributed by atoms with E-state index in [1.54, 1.807) is 12.3 Å². The Morgan fingerprint density at radius 3 is 2.37 bits per heavy atom. The third-order valence-corrected chi connectivity index (χ3v) is 4.66. The van der Waals surface area contributed by atoms with Gasteiger partial charge in [0, 0.05) is 24.3 Å². The molecule has 3 rings (SSSR count). The zero-order valence-electron chi connectivity index (χ0n) is 15.6. The van der Waals surface area contributed by atoms with Gasteiger partial charge in [-0.05, 0) is 43.2 Å². The minimum Gasteiger partial charge on any atom is -0.354 e. The van der Waals surface area contributed by atoms with Gasteiger partial charge in [-0.25, -0.2) is 4.98 Å². The zero-order chi connectivity index (χ0) is 19.1. The van der Waals surface area contributed by atoms with Crippen LogP contribution in [0.25, 0.3) is 0 Å². The van der Waals surface area contributed by atoms with Gasteiger partial charge in [0.25, 0.3) is 5.91 Å². The van der Waals surface area contributed by atoms with Crippen LogP contribution in [0.2, 0.25) is 0 Å². The van der Waals surface area contributed by atoms with Crippen LogP contribution in [0.5, 0.6) is 0 Å². The van der Waals surface area contributed by atoms with Gasteiger partial charge in [0.1, 0.15) is 5.69 Å². The van der Waals surface area contributed by atoms with E-state index in [9.17, 15) is 9.59 Å². The van der Waals surface area contributed by atoms with E-state index in [-0.39, 0.29) is 17.9 Å². The van der Waals surface area contributed by atoms with E-state index in [2.05, 4.69) is 20.9 Å². The maximum absolute atomic E-state index is 12.4. The number of rotatable bonds is 5. The van der Waals surface area contributed by atoms with Gasteiger partial charge in [0.05, 0.1) is 11.9 Å². The van der Waals surface area contributed by atoms with Crippen LogP contribution < -0.4 is 16.0 Å². The van der Waals surface area contributed by atoms with Gasteiger partial charge in [0.2, 0.25) is 5.91 Å². The minimum atomic E-state index is -0.113. The molecule has 1 saturated carbocycles. The Morgan fingerprint density at radius 2 is 1.70 bits per heavy atom. The molecule has 2 aromatic rings. The normalized spacial score (nSPS) is 14.9. The highest BCUT2D eigenvalue weighted by Gasteiger charge is 2.16. The van der Waals surface area contributed by atoms with Crippen molar-refractivity contribution < 1.29 is 9.59 Å². The van der Waals surface area contributed by atoms with Gasteiger partial charge in [-0.2, -0.15) is 0 Å². The molecule has 0 aliphatic heterocycles. The quantitative estimate of drug-likeness (QED) is 0.691. The molecule has 1 aliphatic rings. The van der Waals surface area contributed by atoms with Crippen LogP contribution in [-0.4, -0.2) is 22.8 Å². The summed E-state index contributed by atoms with van der Waals surface area (Å²) in [5.74, 6) is -0.223. The van der Waals surface area contributed by atoms with E-state index in [0.29, 0.717) is 5.69 Å². The SMILES string of the molecule is CC(=O)Nc1cccc(Nc2ccc(C(=O)NC3CCCCCC3)nc2)c1. The lowest BCUT2D eigenvalue weighted by atomic mass is 10.1. The number of carbonyl (C=O) groups excluding carboxylic acids is 2. The lowest BCUT2D eigenvalue weighted by Crippen LogP contribution is -2.34. The van der Waals surface area contributed by atoms with Crippen molar-refractivity contribution in [2.45, 2.75) is 51.5 Å². The molecule has 0 saturated heterocycles. The summed E-state index contributed by atoms with van der Waals surface area (Å²) >= 11 is 0. The molecule has 1 aromatic carbocycles. The average Bonchev–Trinajstić information content (AvgIpc) is 2.91. The first-order valence-electron chi connectivity index (χ1n) is 9.52. The maximum atomic E-state index is 12.4. The Morgan fingerprint density at radius 1 is 0.963 bits per heavy atom. The van der Waals surface area contributed by atoms with Crippen molar-refractivity contribution in [2.75, 3.05) is 10.6 Å². The Bertz CT molecular complexity index is 781. The number of aromatic nitrogens is 1. The highest BCUT2D eigenvalue weighted by Crippen LogP contribution is 2.20. The van der Waals surface area contributed by atoms with Crippen molar-refractivity contribution in [3.63, 3.8) is 0 Å². The monoisotopic (exact) mass is 366 g/mol. The second-order valence-corrected chi connectivity index (χ2v) is 6.98. The minimum absolute atomic E-state index is 0.110. The van der Waals surface area contributed by atoms with E-state index in [1.807, 2.05) is 30.3 Å². The fraction of sp³-hybridized carbons (Fsp3) is 0.381. The van der Waals surface area contributed by atoms with E-state index in [0.717, 1.165) is 29.9 Å². The van der Waals surface area contributed by atoms with E-state index in [1.165, 1.54) is 32.6 Å². The van der Waals surface area contributed by atoms with Crippen LogP contribution in [0.3, 0.4) is 0 Å². The number of benzene rings is 1. The molecule has 1 heterocycles. The van der Waals surface area contributed by atoms with Gasteiger partial charge in [0.15, 0.2) is 0 Å². The smallest absolute Gasteiger partial charge is 0.270 e. The fourth-order valence-electron chi connectivity index (χ4n) is 3.33. The molecule has 0 atom stereocenters. The molecule has 27 heavy (non-hydrogen) atoms. The summed E-state index contributed by atoms with van der Waals surface area (Å²) in [6.45, 7) is 1.48. The first-order valence-corrected chi connectivity index (χ1v) is 9.52. The van der Waals surface area contributed by atoms with Gasteiger partial charge in [-0.3, -0.25) is 9.59 Å². The predicted molar refractivity (Wildman–Crippen MR) is 107 cm³/mol. The Hall–Kier alpha value is -2.89. The number of amides is 2. The molecule has 1 aromatic heterocycles.